The van der Waals surface area contributed by atoms with Gasteiger partial charge in [-0.1, -0.05) is 12.1 Å². The zero-order valence-corrected chi connectivity index (χ0v) is 9.22. The number of rotatable bonds is 1. The molecule has 2 rings (SSSR count). The molecule has 0 radical (unpaired) electrons. The molecule has 86 valence electrons. The smallest absolute Gasteiger partial charge is 0.224 e. The molecule has 1 saturated heterocycles. The van der Waals surface area contributed by atoms with Crippen molar-refractivity contribution in [2.75, 3.05) is 20.2 Å². The SMILES string of the molecule is CN1CC(c2cccc(O)c2)OCCC1=O. The van der Waals surface area contributed by atoms with Crippen LogP contribution < -0.4 is 0 Å². The molecular formula is C12H15NO3. The highest BCUT2D eigenvalue weighted by molar-refractivity contribution is 5.76. The second-order valence-corrected chi connectivity index (χ2v) is 3.98. The lowest BCUT2D eigenvalue weighted by Crippen LogP contribution is -2.28. The maximum atomic E-state index is 11.5. The number of aromatic hydroxyl groups is 1. The third-order valence-corrected chi connectivity index (χ3v) is 2.74. The van der Waals surface area contributed by atoms with Crippen molar-refractivity contribution in [3.8, 4) is 5.75 Å². The summed E-state index contributed by atoms with van der Waals surface area (Å²) in [4.78, 5) is 13.1. The number of phenolic OH excluding ortho intramolecular Hbond substituents is 1. The fraction of sp³-hybridized carbons (Fsp3) is 0.417. The van der Waals surface area contributed by atoms with Crippen LogP contribution in [-0.4, -0.2) is 36.1 Å². The molecule has 0 bridgehead atoms. The molecule has 0 saturated carbocycles. The topological polar surface area (TPSA) is 49.8 Å². The summed E-state index contributed by atoms with van der Waals surface area (Å²) in [6.07, 6.45) is 0.273. The highest BCUT2D eigenvalue weighted by atomic mass is 16.5. The van der Waals surface area contributed by atoms with Crippen LogP contribution >= 0.6 is 0 Å². The molecule has 1 N–H and O–H groups in total. The van der Waals surface area contributed by atoms with Gasteiger partial charge >= 0.3 is 0 Å². The number of amides is 1. The molecule has 1 aromatic rings. The van der Waals surface area contributed by atoms with Crippen molar-refractivity contribution in [2.45, 2.75) is 12.5 Å². The van der Waals surface area contributed by atoms with Crippen LogP contribution in [-0.2, 0) is 9.53 Å². The van der Waals surface area contributed by atoms with E-state index in [1.165, 1.54) is 0 Å². The van der Waals surface area contributed by atoms with E-state index in [-0.39, 0.29) is 17.8 Å². The Morgan fingerprint density at radius 1 is 1.50 bits per heavy atom. The highest BCUT2D eigenvalue weighted by Gasteiger charge is 2.22. The van der Waals surface area contributed by atoms with Gasteiger partial charge in [-0.05, 0) is 17.7 Å². The Bertz CT molecular complexity index is 392. The van der Waals surface area contributed by atoms with Gasteiger partial charge in [0.05, 0.1) is 19.6 Å². The van der Waals surface area contributed by atoms with E-state index in [1.807, 2.05) is 6.07 Å². The van der Waals surface area contributed by atoms with E-state index in [1.54, 1.807) is 30.1 Å². The molecule has 1 fully saturated rings. The zero-order valence-electron chi connectivity index (χ0n) is 9.22. The van der Waals surface area contributed by atoms with Crippen molar-refractivity contribution in [3.63, 3.8) is 0 Å². The lowest BCUT2D eigenvalue weighted by atomic mass is 10.1. The number of benzene rings is 1. The quantitative estimate of drug-likeness (QED) is 0.778. The van der Waals surface area contributed by atoms with E-state index < -0.39 is 0 Å². The van der Waals surface area contributed by atoms with E-state index in [9.17, 15) is 9.90 Å². The van der Waals surface area contributed by atoms with Gasteiger partial charge in [0.25, 0.3) is 0 Å². The van der Waals surface area contributed by atoms with Gasteiger partial charge < -0.3 is 14.7 Å². The predicted octanol–water partition coefficient (Wildman–Crippen LogP) is 1.31. The summed E-state index contributed by atoms with van der Waals surface area (Å²) >= 11 is 0. The molecule has 16 heavy (non-hydrogen) atoms. The molecule has 4 nitrogen and oxygen atoms in total. The van der Waals surface area contributed by atoms with Crippen molar-refractivity contribution in [1.29, 1.82) is 0 Å². The van der Waals surface area contributed by atoms with Crippen LogP contribution in [0, 0.1) is 0 Å². The first-order valence-corrected chi connectivity index (χ1v) is 5.31. The first-order valence-electron chi connectivity index (χ1n) is 5.31. The number of ether oxygens (including phenoxy) is 1. The largest absolute Gasteiger partial charge is 0.508 e. The number of nitrogens with zero attached hydrogens (tertiary/aromatic N) is 1. The van der Waals surface area contributed by atoms with Gasteiger partial charge in [0.1, 0.15) is 11.9 Å². The van der Waals surface area contributed by atoms with Gasteiger partial charge in [0.15, 0.2) is 0 Å². The summed E-state index contributed by atoms with van der Waals surface area (Å²) in [7, 11) is 1.77. The first kappa shape index (κ1) is 11.0. The van der Waals surface area contributed by atoms with Crippen LogP contribution in [0.2, 0.25) is 0 Å². The van der Waals surface area contributed by atoms with Crippen LogP contribution in [0.15, 0.2) is 24.3 Å². The van der Waals surface area contributed by atoms with E-state index >= 15 is 0 Å². The Kier molecular flexibility index (Phi) is 3.10. The fourth-order valence-corrected chi connectivity index (χ4v) is 1.81. The molecule has 1 heterocycles. The van der Waals surface area contributed by atoms with Gasteiger partial charge in [-0.15, -0.1) is 0 Å². The van der Waals surface area contributed by atoms with Crippen molar-refractivity contribution >= 4 is 5.91 Å². The summed E-state index contributed by atoms with van der Waals surface area (Å²) in [5, 5.41) is 9.40. The predicted molar refractivity (Wildman–Crippen MR) is 59.1 cm³/mol. The van der Waals surface area contributed by atoms with E-state index in [0.29, 0.717) is 19.6 Å². The standard InChI is InChI=1S/C12H15NO3/c1-13-8-11(16-6-5-12(13)15)9-3-2-4-10(14)7-9/h2-4,7,11,14H,5-6,8H2,1H3. The molecule has 1 unspecified atom stereocenters. The minimum absolute atomic E-state index is 0.0997. The third kappa shape index (κ3) is 2.33. The Balaban J connectivity index is 2.17. The fourth-order valence-electron chi connectivity index (χ4n) is 1.81. The van der Waals surface area contributed by atoms with Crippen LogP contribution in [0.5, 0.6) is 5.75 Å². The Hall–Kier alpha value is -1.55. The molecule has 1 amide bonds. The van der Waals surface area contributed by atoms with Crippen LogP contribution in [0.25, 0.3) is 0 Å². The summed E-state index contributed by atoms with van der Waals surface area (Å²) in [5.41, 5.74) is 0.904. The Morgan fingerprint density at radius 3 is 3.06 bits per heavy atom. The molecule has 0 aromatic heterocycles. The number of carbonyl (C=O) groups excluding carboxylic acids is 1. The number of likely N-dealkylation sites (N-methyl/N-ethyl adjacent to an activating group) is 1. The van der Waals surface area contributed by atoms with Crippen molar-refractivity contribution < 1.29 is 14.6 Å². The minimum atomic E-state index is -0.149. The maximum absolute atomic E-state index is 11.5. The van der Waals surface area contributed by atoms with Crippen molar-refractivity contribution in [2.24, 2.45) is 0 Å². The van der Waals surface area contributed by atoms with E-state index in [2.05, 4.69) is 0 Å². The molecule has 1 aliphatic rings. The number of hydrogen-bond donors (Lipinski definition) is 1. The van der Waals surface area contributed by atoms with E-state index in [0.717, 1.165) is 5.56 Å². The molecule has 1 aromatic carbocycles. The molecule has 1 aliphatic heterocycles. The number of carbonyl (C=O) groups is 1. The second-order valence-electron chi connectivity index (χ2n) is 3.98. The van der Waals surface area contributed by atoms with Gasteiger partial charge in [-0.2, -0.15) is 0 Å². The number of hydrogen-bond acceptors (Lipinski definition) is 3. The van der Waals surface area contributed by atoms with Gasteiger partial charge in [0, 0.05) is 7.05 Å². The van der Waals surface area contributed by atoms with Crippen LogP contribution in [0.4, 0.5) is 0 Å². The van der Waals surface area contributed by atoms with Crippen LogP contribution in [0.3, 0.4) is 0 Å². The highest BCUT2D eigenvalue weighted by Crippen LogP contribution is 2.24. The minimum Gasteiger partial charge on any atom is -0.508 e. The van der Waals surface area contributed by atoms with Gasteiger partial charge in [0.2, 0.25) is 5.91 Å². The van der Waals surface area contributed by atoms with Crippen LogP contribution in [0.1, 0.15) is 18.1 Å². The normalized spacial score (nSPS) is 21.9. The summed E-state index contributed by atoms with van der Waals surface area (Å²) in [6, 6.07) is 6.97. The Morgan fingerprint density at radius 2 is 2.31 bits per heavy atom. The lowest BCUT2D eigenvalue weighted by molar-refractivity contribution is -0.129. The lowest BCUT2D eigenvalue weighted by Gasteiger charge is -2.20. The van der Waals surface area contributed by atoms with Gasteiger partial charge in [-0.3, -0.25) is 4.79 Å². The van der Waals surface area contributed by atoms with Crippen molar-refractivity contribution in [1.82, 2.24) is 4.90 Å². The number of phenols is 1. The Labute approximate surface area is 94.4 Å². The zero-order chi connectivity index (χ0) is 11.5. The summed E-state index contributed by atoms with van der Waals surface area (Å²) in [5.74, 6) is 0.321. The second kappa shape index (κ2) is 4.53. The summed E-state index contributed by atoms with van der Waals surface area (Å²) in [6.45, 7) is 0.964. The average Bonchev–Trinajstić information content (AvgIpc) is 2.42. The summed E-state index contributed by atoms with van der Waals surface area (Å²) < 4.78 is 5.61. The van der Waals surface area contributed by atoms with E-state index in [4.69, 9.17) is 4.74 Å². The third-order valence-electron chi connectivity index (χ3n) is 2.74. The maximum Gasteiger partial charge on any atom is 0.224 e. The molecular weight excluding hydrogens is 206 g/mol. The average molecular weight is 221 g/mol. The van der Waals surface area contributed by atoms with Crippen molar-refractivity contribution in [3.05, 3.63) is 29.8 Å². The first-order chi connectivity index (χ1) is 7.66. The molecule has 4 heteroatoms. The molecule has 0 spiro atoms. The molecule has 0 aliphatic carbocycles. The van der Waals surface area contributed by atoms with Gasteiger partial charge in [-0.25, -0.2) is 0 Å². The molecule has 1 atom stereocenters. The monoisotopic (exact) mass is 221 g/mol.